The fourth-order valence-electron chi connectivity index (χ4n) is 1.67. The van der Waals surface area contributed by atoms with E-state index in [-0.39, 0.29) is 6.61 Å². The molecule has 0 amide bonds. The van der Waals surface area contributed by atoms with Crippen LogP contribution in [0.15, 0.2) is 34.9 Å². The summed E-state index contributed by atoms with van der Waals surface area (Å²) in [5, 5.41) is 3.46. The molecule has 0 unspecified atom stereocenters. The van der Waals surface area contributed by atoms with Gasteiger partial charge in [-0.25, -0.2) is 9.48 Å². The number of halogens is 4. The minimum absolute atomic E-state index is 0.0143. The molecule has 0 atom stereocenters. The Morgan fingerprint density at radius 3 is 2.48 bits per heavy atom. The van der Waals surface area contributed by atoms with Crippen molar-refractivity contribution in [2.45, 2.75) is 13.1 Å². The standard InChI is InChI=1S/C13H10BrF3N2O2/c1-2-21-12(20)10-7-19(18-11(10)13(15,16)17)9-5-3-8(14)4-6-9/h3-7H,2H2,1H3. The molecular weight excluding hydrogens is 353 g/mol. The van der Waals surface area contributed by atoms with Gasteiger partial charge in [0, 0.05) is 10.7 Å². The van der Waals surface area contributed by atoms with Crippen LogP contribution in [0.4, 0.5) is 13.2 Å². The van der Waals surface area contributed by atoms with Gasteiger partial charge in [-0.2, -0.15) is 18.3 Å². The van der Waals surface area contributed by atoms with Gasteiger partial charge in [0.25, 0.3) is 0 Å². The largest absolute Gasteiger partial charge is 0.462 e. The van der Waals surface area contributed by atoms with Crippen LogP contribution in [0.1, 0.15) is 23.0 Å². The predicted octanol–water partition coefficient (Wildman–Crippen LogP) is 3.83. The normalized spacial score (nSPS) is 11.5. The van der Waals surface area contributed by atoms with Gasteiger partial charge in [-0.3, -0.25) is 0 Å². The molecule has 2 aromatic rings. The predicted molar refractivity (Wildman–Crippen MR) is 72.2 cm³/mol. The van der Waals surface area contributed by atoms with Crippen LogP contribution in [0.25, 0.3) is 5.69 Å². The summed E-state index contributed by atoms with van der Waals surface area (Å²) in [7, 11) is 0. The summed E-state index contributed by atoms with van der Waals surface area (Å²) in [5.41, 5.74) is -1.46. The minimum atomic E-state index is -4.73. The van der Waals surface area contributed by atoms with Crippen molar-refractivity contribution in [2.24, 2.45) is 0 Å². The van der Waals surface area contributed by atoms with Gasteiger partial charge in [0.1, 0.15) is 5.56 Å². The van der Waals surface area contributed by atoms with Gasteiger partial charge >= 0.3 is 12.1 Å². The SMILES string of the molecule is CCOC(=O)c1cn(-c2ccc(Br)cc2)nc1C(F)(F)F. The molecule has 1 aromatic carbocycles. The summed E-state index contributed by atoms with van der Waals surface area (Å²) in [5.74, 6) is -1.05. The lowest BCUT2D eigenvalue weighted by Gasteiger charge is -2.05. The molecule has 0 N–H and O–H groups in total. The lowest BCUT2D eigenvalue weighted by Crippen LogP contribution is -2.14. The van der Waals surface area contributed by atoms with Crippen LogP contribution in [0.5, 0.6) is 0 Å². The van der Waals surface area contributed by atoms with Gasteiger partial charge in [-0.05, 0) is 31.2 Å². The number of rotatable bonds is 3. The summed E-state index contributed by atoms with van der Waals surface area (Å²) < 4.78 is 45.3. The average Bonchev–Trinajstić information content (AvgIpc) is 2.85. The van der Waals surface area contributed by atoms with Gasteiger partial charge in [0.2, 0.25) is 0 Å². The van der Waals surface area contributed by atoms with E-state index in [0.29, 0.717) is 5.69 Å². The molecule has 112 valence electrons. The second kappa shape index (κ2) is 5.88. The third kappa shape index (κ3) is 3.44. The van der Waals surface area contributed by atoms with Crippen molar-refractivity contribution in [1.29, 1.82) is 0 Å². The first-order chi connectivity index (χ1) is 9.82. The summed E-state index contributed by atoms with van der Waals surface area (Å²) in [6.07, 6.45) is -3.72. The molecule has 8 heteroatoms. The van der Waals surface area contributed by atoms with Crippen molar-refractivity contribution in [3.63, 3.8) is 0 Å². The minimum Gasteiger partial charge on any atom is -0.462 e. The zero-order valence-electron chi connectivity index (χ0n) is 10.8. The topological polar surface area (TPSA) is 44.1 Å². The third-order valence-electron chi connectivity index (χ3n) is 2.57. The first-order valence-electron chi connectivity index (χ1n) is 5.93. The van der Waals surface area contributed by atoms with Crippen molar-refractivity contribution in [3.8, 4) is 5.69 Å². The first-order valence-corrected chi connectivity index (χ1v) is 6.72. The second-order valence-corrected chi connectivity index (χ2v) is 4.95. The molecule has 0 saturated carbocycles. The van der Waals surface area contributed by atoms with Crippen molar-refractivity contribution in [1.82, 2.24) is 9.78 Å². The molecule has 0 fully saturated rings. The zero-order chi connectivity index (χ0) is 15.6. The number of carbonyl (C=O) groups excluding carboxylic acids is 1. The van der Waals surface area contributed by atoms with Gasteiger partial charge in [-0.1, -0.05) is 15.9 Å². The molecule has 0 aliphatic heterocycles. The monoisotopic (exact) mass is 362 g/mol. The Morgan fingerprint density at radius 1 is 1.33 bits per heavy atom. The molecule has 0 aliphatic carbocycles. The molecule has 0 spiro atoms. The Hall–Kier alpha value is -1.83. The van der Waals surface area contributed by atoms with Gasteiger partial charge in [0.05, 0.1) is 12.3 Å². The van der Waals surface area contributed by atoms with Gasteiger partial charge < -0.3 is 4.74 Å². The lowest BCUT2D eigenvalue weighted by molar-refractivity contribution is -0.141. The maximum atomic E-state index is 13.0. The third-order valence-corrected chi connectivity index (χ3v) is 3.10. The fraction of sp³-hybridized carbons (Fsp3) is 0.231. The maximum absolute atomic E-state index is 13.0. The average molecular weight is 363 g/mol. The maximum Gasteiger partial charge on any atom is 0.436 e. The van der Waals surface area contributed by atoms with E-state index >= 15 is 0 Å². The molecular formula is C13H10BrF3N2O2. The molecule has 0 bridgehead atoms. The van der Waals surface area contributed by atoms with Crippen molar-refractivity contribution >= 4 is 21.9 Å². The lowest BCUT2D eigenvalue weighted by atomic mass is 10.2. The van der Waals surface area contributed by atoms with Crippen molar-refractivity contribution in [3.05, 3.63) is 46.2 Å². The first kappa shape index (κ1) is 15.6. The molecule has 0 aliphatic rings. The number of alkyl halides is 3. The molecule has 1 heterocycles. The summed E-state index contributed by atoms with van der Waals surface area (Å²) in [6, 6.07) is 6.47. The smallest absolute Gasteiger partial charge is 0.436 e. The van der Waals surface area contributed by atoms with E-state index in [9.17, 15) is 18.0 Å². The van der Waals surface area contributed by atoms with E-state index in [1.54, 1.807) is 24.3 Å². The Labute approximate surface area is 126 Å². The summed E-state index contributed by atoms with van der Waals surface area (Å²) >= 11 is 3.23. The fourth-order valence-corrected chi connectivity index (χ4v) is 1.93. The van der Waals surface area contributed by atoms with Crippen LogP contribution in [0.2, 0.25) is 0 Å². The quantitative estimate of drug-likeness (QED) is 0.779. The summed E-state index contributed by atoms with van der Waals surface area (Å²) in [6.45, 7) is 1.50. The van der Waals surface area contributed by atoms with E-state index in [1.165, 1.54) is 6.92 Å². The number of nitrogens with zero attached hydrogens (tertiary/aromatic N) is 2. The van der Waals surface area contributed by atoms with Crippen LogP contribution >= 0.6 is 15.9 Å². The van der Waals surface area contributed by atoms with Crippen LogP contribution < -0.4 is 0 Å². The second-order valence-electron chi connectivity index (χ2n) is 4.03. The Balaban J connectivity index is 2.50. The number of ether oxygens (including phenoxy) is 1. The van der Waals surface area contributed by atoms with Crippen LogP contribution in [-0.4, -0.2) is 22.4 Å². The van der Waals surface area contributed by atoms with E-state index < -0.39 is 23.4 Å². The number of hydrogen-bond donors (Lipinski definition) is 0. The van der Waals surface area contributed by atoms with Gasteiger partial charge in [0.15, 0.2) is 5.69 Å². The molecule has 1 aromatic heterocycles. The van der Waals surface area contributed by atoms with E-state index in [1.807, 2.05) is 0 Å². The molecule has 4 nitrogen and oxygen atoms in total. The zero-order valence-corrected chi connectivity index (χ0v) is 12.4. The number of carbonyl (C=O) groups is 1. The van der Waals surface area contributed by atoms with Crippen molar-refractivity contribution in [2.75, 3.05) is 6.61 Å². The van der Waals surface area contributed by atoms with E-state index in [0.717, 1.165) is 15.4 Å². The highest BCUT2D eigenvalue weighted by atomic mass is 79.9. The molecule has 0 saturated heterocycles. The Morgan fingerprint density at radius 2 is 1.95 bits per heavy atom. The molecule has 21 heavy (non-hydrogen) atoms. The van der Waals surface area contributed by atoms with Crippen molar-refractivity contribution < 1.29 is 22.7 Å². The highest BCUT2D eigenvalue weighted by Gasteiger charge is 2.39. The molecule has 0 radical (unpaired) electrons. The Bertz CT molecular complexity index is 650. The Kier molecular flexibility index (Phi) is 4.36. The van der Waals surface area contributed by atoms with E-state index in [4.69, 9.17) is 0 Å². The van der Waals surface area contributed by atoms with E-state index in [2.05, 4.69) is 25.8 Å². The number of hydrogen-bond acceptors (Lipinski definition) is 3. The number of aromatic nitrogens is 2. The van der Waals surface area contributed by atoms with Crippen LogP contribution in [-0.2, 0) is 10.9 Å². The number of benzene rings is 1. The highest BCUT2D eigenvalue weighted by molar-refractivity contribution is 9.10. The summed E-state index contributed by atoms with van der Waals surface area (Å²) in [4.78, 5) is 11.6. The number of esters is 1. The van der Waals surface area contributed by atoms with Gasteiger partial charge in [-0.15, -0.1) is 0 Å². The van der Waals surface area contributed by atoms with Crippen LogP contribution in [0, 0.1) is 0 Å². The van der Waals surface area contributed by atoms with Crippen LogP contribution in [0.3, 0.4) is 0 Å². The highest BCUT2D eigenvalue weighted by Crippen LogP contribution is 2.31. The molecule has 2 rings (SSSR count).